The molecule has 1 aromatic heterocycles. The van der Waals surface area contributed by atoms with Crippen LogP contribution in [-0.2, 0) is 21.2 Å². The first-order chi connectivity index (χ1) is 16.4. The number of amides is 2. The van der Waals surface area contributed by atoms with Crippen molar-refractivity contribution < 1.29 is 18.0 Å². The number of carbonyl (C=O) groups excluding carboxylic acids is 2. The topological polar surface area (TPSA) is 90.9 Å². The second-order valence-corrected chi connectivity index (χ2v) is 11.0. The zero-order valence-electron chi connectivity index (χ0n) is 19.6. The Bertz CT molecular complexity index is 1110. The predicted octanol–water partition coefficient (Wildman–Crippen LogP) is 2.56. The zero-order chi connectivity index (χ0) is 24.1. The van der Waals surface area contributed by atoms with Crippen molar-refractivity contribution in [3.05, 3.63) is 59.9 Å². The lowest BCUT2D eigenvalue weighted by molar-refractivity contribution is -0.132. The van der Waals surface area contributed by atoms with Crippen LogP contribution in [0.25, 0.3) is 0 Å². The molecule has 0 radical (unpaired) electrons. The van der Waals surface area contributed by atoms with Gasteiger partial charge in [-0.1, -0.05) is 31.4 Å². The summed E-state index contributed by atoms with van der Waals surface area (Å²) in [5.74, 6) is -0.223. The highest BCUT2D eigenvalue weighted by atomic mass is 32.2. The van der Waals surface area contributed by atoms with E-state index in [0.29, 0.717) is 31.7 Å². The van der Waals surface area contributed by atoms with Crippen molar-refractivity contribution in [3.8, 4) is 0 Å². The SMILES string of the molecule is CN(C1CCCCC1)S(=O)(=O)c1cccc(C(=O)N2CCN(C(=O)Cc3ccccn3)CC2)c1. The molecular weight excluding hydrogens is 452 g/mol. The lowest BCUT2D eigenvalue weighted by Crippen LogP contribution is -2.51. The summed E-state index contributed by atoms with van der Waals surface area (Å²) in [5, 5.41) is 0. The van der Waals surface area contributed by atoms with Gasteiger partial charge in [0.25, 0.3) is 5.91 Å². The number of hydrogen-bond donors (Lipinski definition) is 0. The molecule has 0 N–H and O–H groups in total. The molecule has 2 aliphatic rings. The molecule has 9 heteroatoms. The normalized spacial score (nSPS) is 17.7. The Morgan fingerprint density at radius 1 is 0.971 bits per heavy atom. The van der Waals surface area contributed by atoms with E-state index in [4.69, 9.17) is 0 Å². The summed E-state index contributed by atoms with van der Waals surface area (Å²) in [6.45, 7) is 1.71. The number of carbonyl (C=O) groups is 2. The molecular formula is C25H32N4O4S. The molecule has 2 aromatic rings. The number of nitrogens with zero attached hydrogens (tertiary/aromatic N) is 4. The Kier molecular flexibility index (Phi) is 7.63. The first-order valence-electron chi connectivity index (χ1n) is 11.9. The summed E-state index contributed by atoms with van der Waals surface area (Å²) in [6, 6.07) is 11.8. The van der Waals surface area contributed by atoms with Gasteiger partial charge < -0.3 is 9.80 Å². The van der Waals surface area contributed by atoms with Crippen molar-refractivity contribution in [1.82, 2.24) is 19.1 Å². The molecule has 1 aliphatic heterocycles. The van der Waals surface area contributed by atoms with E-state index in [1.807, 2.05) is 18.2 Å². The van der Waals surface area contributed by atoms with E-state index in [-0.39, 0.29) is 29.2 Å². The van der Waals surface area contributed by atoms with E-state index in [2.05, 4.69) is 4.98 Å². The second kappa shape index (κ2) is 10.7. The van der Waals surface area contributed by atoms with Crippen LogP contribution >= 0.6 is 0 Å². The summed E-state index contributed by atoms with van der Waals surface area (Å²) in [7, 11) is -2.03. The third-order valence-electron chi connectivity index (χ3n) is 6.82. The van der Waals surface area contributed by atoms with E-state index >= 15 is 0 Å². The summed E-state index contributed by atoms with van der Waals surface area (Å²) >= 11 is 0. The molecule has 1 saturated heterocycles. The van der Waals surface area contributed by atoms with Crippen LogP contribution in [0.2, 0.25) is 0 Å². The smallest absolute Gasteiger partial charge is 0.254 e. The van der Waals surface area contributed by atoms with Crippen LogP contribution in [0.5, 0.6) is 0 Å². The molecule has 0 bridgehead atoms. The maximum Gasteiger partial charge on any atom is 0.254 e. The van der Waals surface area contributed by atoms with Crippen LogP contribution in [0.1, 0.15) is 48.2 Å². The molecule has 0 unspecified atom stereocenters. The van der Waals surface area contributed by atoms with Gasteiger partial charge in [-0.05, 0) is 43.2 Å². The monoisotopic (exact) mass is 484 g/mol. The van der Waals surface area contributed by atoms with E-state index in [1.54, 1.807) is 41.2 Å². The van der Waals surface area contributed by atoms with Gasteiger partial charge in [-0.25, -0.2) is 8.42 Å². The minimum absolute atomic E-state index is 0.00908. The lowest BCUT2D eigenvalue weighted by Gasteiger charge is -2.35. The van der Waals surface area contributed by atoms with Gasteiger partial charge in [-0.3, -0.25) is 14.6 Å². The number of piperazine rings is 1. The van der Waals surface area contributed by atoms with Crippen molar-refractivity contribution in [2.75, 3.05) is 33.2 Å². The Morgan fingerprint density at radius 3 is 2.35 bits per heavy atom. The highest BCUT2D eigenvalue weighted by Crippen LogP contribution is 2.27. The van der Waals surface area contributed by atoms with Gasteiger partial charge in [0.1, 0.15) is 0 Å². The van der Waals surface area contributed by atoms with E-state index in [0.717, 1.165) is 37.8 Å². The first kappa shape index (κ1) is 24.3. The Hall–Kier alpha value is -2.78. The number of pyridine rings is 1. The van der Waals surface area contributed by atoms with E-state index < -0.39 is 10.0 Å². The summed E-state index contributed by atoms with van der Waals surface area (Å²) < 4.78 is 27.9. The van der Waals surface area contributed by atoms with Gasteiger partial charge in [-0.15, -0.1) is 0 Å². The average Bonchev–Trinajstić information content (AvgIpc) is 2.89. The molecule has 1 aliphatic carbocycles. The van der Waals surface area contributed by atoms with Crippen molar-refractivity contribution in [2.24, 2.45) is 0 Å². The van der Waals surface area contributed by atoms with Gasteiger partial charge in [0.15, 0.2) is 0 Å². The molecule has 0 atom stereocenters. The Morgan fingerprint density at radius 2 is 1.68 bits per heavy atom. The van der Waals surface area contributed by atoms with Crippen LogP contribution in [0, 0.1) is 0 Å². The molecule has 4 rings (SSSR count). The predicted molar refractivity (Wildman–Crippen MR) is 129 cm³/mol. The van der Waals surface area contributed by atoms with Crippen molar-refractivity contribution >= 4 is 21.8 Å². The molecule has 2 heterocycles. The number of benzene rings is 1. The largest absolute Gasteiger partial charge is 0.339 e. The number of hydrogen-bond acceptors (Lipinski definition) is 5. The molecule has 2 amide bonds. The van der Waals surface area contributed by atoms with Gasteiger partial charge in [0.05, 0.1) is 11.3 Å². The average molecular weight is 485 g/mol. The van der Waals surface area contributed by atoms with Crippen molar-refractivity contribution in [3.63, 3.8) is 0 Å². The lowest BCUT2D eigenvalue weighted by atomic mass is 9.96. The summed E-state index contributed by atoms with van der Waals surface area (Å²) in [5.41, 5.74) is 1.08. The minimum Gasteiger partial charge on any atom is -0.339 e. The van der Waals surface area contributed by atoms with Crippen molar-refractivity contribution in [1.29, 1.82) is 0 Å². The summed E-state index contributed by atoms with van der Waals surface area (Å²) in [6.07, 6.45) is 6.88. The third kappa shape index (κ3) is 5.47. The van der Waals surface area contributed by atoms with Crippen LogP contribution in [0.3, 0.4) is 0 Å². The second-order valence-electron chi connectivity index (χ2n) is 9.01. The number of sulfonamides is 1. The highest BCUT2D eigenvalue weighted by molar-refractivity contribution is 7.89. The molecule has 1 saturated carbocycles. The molecule has 8 nitrogen and oxygen atoms in total. The van der Waals surface area contributed by atoms with E-state index in [1.165, 1.54) is 10.4 Å². The van der Waals surface area contributed by atoms with Gasteiger partial charge in [-0.2, -0.15) is 4.31 Å². The third-order valence-corrected chi connectivity index (χ3v) is 8.73. The fourth-order valence-electron chi connectivity index (χ4n) is 4.71. The molecule has 34 heavy (non-hydrogen) atoms. The molecule has 182 valence electrons. The van der Waals surface area contributed by atoms with Crippen molar-refractivity contribution in [2.45, 2.75) is 49.5 Å². The number of aromatic nitrogens is 1. The molecule has 1 aromatic carbocycles. The van der Waals surface area contributed by atoms with Crippen LogP contribution in [0.15, 0.2) is 53.6 Å². The maximum absolute atomic E-state index is 13.2. The van der Waals surface area contributed by atoms with Crippen LogP contribution in [-0.4, -0.2) is 78.6 Å². The standard InChI is InChI=1S/C25H32N4O4S/c1-27(22-10-3-2-4-11-22)34(32,33)23-12-7-8-20(18-23)25(31)29-16-14-28(15-17-29)24(30)19-21-9-5-6-13-26-21/h5-9,12-13,18,22H,2-4,10-11,14-17,19H2,1H3. The molecule has 0 spiro atoms. The molecule has 2 fully saturated rings. The summed E-state index contributed by atoms with van der Waals surface area (Å²) in [4.78, 5) is 33.5. The fourth-order valence-corrected chi connectivity index (χ4v) is 6.17. The fraction of sp³-hybridized carbons (Fsp3) is 0.480. The van der Waals surface area contributed by atoms with E-state index in [9.17, 15) is 18.0 Å². The maximum atomic E-state index is 13.2. The van der Waals surface area contributed by atoms with Crippen LogP contribution in [0.4, 0.5) is 0 Å². The first-order valence-corrected chi connectivity index (χ1v) is 13.4. The Balaban J connectivity index is 1.38. The Labute approximate surface area is 201 Å². The highest BCUT2D eigenvalue weighted by Gasteiger charge is 2.30. The van der Waals surface area contributed by atoms with Gasteiger partial charge in [0, 0.05) is 56.7 Å². The minimum atomic E-state index is -3.67. The number of rotatable bonds is 6. The van der Waals surface area contributed by atoms with Gasteiger partial charge >= 0.3 is 0 Å². The quantitative estimate of drug-likeness (QED) is 0.629. The van der Waals surface area contributed by atoms with Crippen LogP contribution < -0.4 is 0 Å². The zero-order valence-corrected chi connectivity index (χ0v) is 20.4. The van der Waals surface area contributed by atoms with Gasteiger partial charge in [0.2, 0.25) is 15.9 Å².